The summed E-state index contributed by atoms with van der Waals surface area (Å²) in [5.74, 6) is 0. The fraction of sp³-hybridized carbons (Fsp3) is 0.154. The Labute approximate surface area is 100 Å². The molecule has 1 aromatic carbocycles. The zero-order valence-electron chi connectivity index (χ0n) is 9.35. The van der Waals surface area contributed by atoms with E-state index in [1.165, 1.54) is 5.56 Å². The monoisotopic (exact) mass is 226 g/mol. The highest BCUT2D eigenvalue weighted by Crippen LogP contribution is 2.25. The summed E-state index contributed by atoms with van der Waals surface area (Å²) in [5.41, 5.74) is 3.38. The van der Waals surface area contributed by atoms with Gasteiger partial charge in [-0.1, -0.05) is 18.2 Å². The predicted octanol–water partition coefficient (Wildman–Crippen LogP) is 2.16. The van der Waals surface area contributed by atoms with Crippen LogP contribution in [-0.2, 0) is 0 Å². The molecule has 1 aliphatic rings. The van der Waals surface area contributed by atoms with Crippen molar-refractivity contribution in [2.24, 2.45) is 0 Å². The van der Waals surface area contributed by atoms with Crippen molar-refractivity contribution >= 4 is 11.4 Å². The molecule has 4 heteroatoms. The molecule has 1 aliphatic heterocycles. The number of hydrogen-bond acceptors (Lipinski definition) is 4. The number of nitrogens with zero attached hydrogens (tertiary/aromatic N) is 1. The van der Waals surface area contributed by atoms with Gasteiger partial charge in [0.15, 0.2) is 0 Å². The van der Waals surface area contributed by atoms with Gasteiger partial charge in [-0.05, 0) is 18.2 Å². The Morgan fingerprint density at radius 2 is 2.06 bits per heavy atom. The Hall–Kier alpha value is -2.07. The van der Waals surface area contributed by atoms with Crippen LogP contribution in [0, 0.1) is 0 Å². The average Bonchev–Trinajstić information content (AvgIpc) is 2.40. The van der Waals surface area contributed by atoms with Crippen LogP contribution in [0.3, 0.4) is 0 Å². The maximum absolute atomic E-state index is 4.12. The summed E-state index contributed by atoms with van der Waals surface area (Å²) in [6.45, 7) is 0.739. The molecule has 0 amide bonds. The maximum Gasteiger partial charge on any atom is 0.107 e. The molecule has 0 radical (unpaired) electrons. The number of pyridine rings is 1. The standard InChI is InChI=1S/C13H14N4/c1-2-4-10(5-3-1)17-13-11-6-7-14-8-12(11)15-9-16-13/h1-8,13,15-17H,9H2. The third-order valence-corrected chi connectivity index (χ3v) is 2.84. The van der Waals surface area contributed by atoms with Crippen LogP contribution in [0.2, 0.25) is 0 Å². The molecule has 4 nitrogen and oxygen atoms in total. The first-order valence-electron chi connectivity index (χ1n) is 5.66. The lowest BCUT2D eigenvalue weighted by molar-refractivity contribution is 0.595. The minimum absolute atomic E-state index is 0.122. The van der Waals surface area contributed by atoms with Crippen LogP contribution in [0.5, 0.6) is 0 Å². The average molecular weight is 226 g/mol. The minimum atomic E-state index is 0.122. The second-order valence-corrected chi connectivity index (χ2v) is 3.96. The van der Waals surface area contributed by atoms with Crippen molar-refractivity contribution in [2.45, 2.75) is 6.17 Å². The minimum Gasteiger partial charge on any atom is -0.371 e. The third kappa shape index (κ3) is 2.07. The quantitative estimate of drug-likeness (QED) is 0.734. The molecular weight excluding hydrogens is 212 g/mol. The SMILES string of the molecule is c1ccc(NC2NCNc3cnccc32)cc1. The fourth-order valence-corrected chi connectivity index (χ4v) is 1.99. The van der Waals surface area contributed by atoms with Gasteiger partial charge in [0.1, 0.15) is 6.17 Å². The van der Waals surface area contributed by atoms with Crippen molar-refractivity contribution in [2.75, 3.05) is 17.3 Å². The van der Waals surface area contributed by atoms with E-state index in [9.17, 15) is 0 Å². The molecule has 0 spiro atoms. The number of anilines is 2. The molecule has 2 aromatic rings. The van der Waals surface area contributed by atoms with Crippen LogP contribution in [0.1, 0.15) is 11.7 Å². The van der Waals surface area contributed by atoms with E-state index in [0.717, 1.165) is 18.0 Å². The molecule has 86 valence electrons. The summed E-state index contributed by atoms with van der Waals surface area (Å²) in [7, 11) is 0. The first-order valence-corrected chi connectivity index (χ1v) is 5.66. The van der Waals surface area contributed by atoms with E-state index in [1.807, 2.05) is 36.7 Å². The summed E-state index contributed by atoms with van der Waals surface area (Å²) in [4.78, 5) is 4.12. The van der Waals surface area contributed by atoms with Crippen molar-refractivity contribution in [1.82, 2.24) is 10.3 Å². The smallest absolute Gasteiger partial charge is 0.107 e. The molecule has 3 rings (SSSR count). The van der Waals surface area contributed by atoms with Gasteiger partial charge < -0.3 is 10.6 Å². The molecular formula is C13H14N4. The van der Waals surface area contributed by atoms with E-state index in [0.29, 0.717) is 0 Å². The molecule has 1 atom stereocenters. The zero-order valence-corrected chi connectivity index (χ0v) is 9.35. The summed E-state index contributed by atoms with van der Waals surface area (Å²) >= 11 is 0. The summed E-state index contributed by atoms with van der Waals surface area (Å²) in [6, 6.07) is 12.2. The van der Waals surface area contributed by atoms with E-state index >= 15 is 0 Å². The molecule has 17 heavy (non-hydrogen) atoms. The Morgan fingerprint density at radius 3 is 2.94 bits per heavy atom. The summed E-state index contributed by atoms with van der Waals surface area (Å²) < 4.78 is 0. The number of fused-ring (bicyclic) bond motifs is 1. The number of rotatable bonds is 2. The molecule has 2 heterocycles. The maximum atomic E-state index is 4.12. The van der Waals surface area contributed by atoms with E-state index in [4.69, 9.17) is 0 Å². The van der Waals surface area contributed by atoms with Gasteiger partial charge in [-0.2, -0.15) is 0 Å². The number of para-hydroxylation sites is 1. The highest BCUT2D eigenvalue weighted by atomic mass is 15.2. The molecule has 0 aliphatic carbocycles. The van der Waals surface area contributed by atoms with Crippen LogP contribution in [0.15, 0.2) is 48.8 Å². The van der Waals surface area contributed by atoms with Crippen molar-refractivity contribution in [3.05, 3.63) is 54.4 Å². The van der Waals surface area contributed by atoms with Crippen molar-refractivity contribution in [3.8, 4) is 0 Å². The van der Waals surface area contributed by atoms with Gasteiger partial charge in [-0.15, -0.1) is 0 Å². The Bertz CT molecular complexity index is 498. The lowest BCUT2D eigenvalue weighted by Crippen LogP contribution is -2.37. The molecule has 0 bridgehead atoms. The summed E-state index contributed by atoms with van der Waals surface area (Å²) in [6.07, 6.45) is 3.79. The van der Waals surface area contributed by atoms with Crippen LogP contribution in [-0.4, -0.2) is 11.7 Å². The van der Waals surface area contributed by atoms with E-state index < -0.39 is 0 Å². The van der Waals surface area contributed by atoms with Crippen molar-refractivity contribution in [1.29, 1.82) is 0 Å². The summed E-state index contributed by atoms with van der Waals surface area (Å²) in [5, 5.41) is 10.1. The largest absolute Gasteiger partial charge is 0.371 e. The van der Waals surface area contributed by atoms with Gasteiger partial charge in [0.05, 0.1) is 18.6 Å². The van der Waals surface area contributed by atoms with Crippen molar-refractivity contribution in [3.63, 3.8) is 0 Å². The topological polar surface area (TPSA) is 49.0 Å². The predicted molar refractivity (Wildman–Crippen MR) is 68.7 cm³/mol. The van der Waals surface area contributed by atoms with Gasteiger partial charge in [0.2, 0.25) is 0 Å². The molecule has 1 aromatic heterocycles. The van der Waals surface area contributed by atoms with Gasteiger partial charge in [0.25, 0.3) is 0 Å². The first-order chi connectivity index (χ1) is 8.43. The number of benzene rings is 1. The number of aromatic nitrogens is 1. The molecule has 0 saturated carbocycles. The number of hydrogen-bond donors (Lipinski definition) is 3. The van der Waals surface area contributed by atoms with Crippen LogP contribution < -0.4 is 16.0 Å². The Morgan fingerprint density at radius 1 is 1.18 bits per heavy atom. The zero-order chi connectivity index (χ0) is 11.5. The normalized spacial score (nSPS) is 18.0. The van der Waals surface area contributed by atoms with Gasteiger partial charge >= 0.3 is 0 Å². The van der Waals surface area contributed by atoms with Crippen LogP contribution in [0.4, 0.5) is 11.4 Å². The Balaban J connectivity index is 1.86. The van der Waals surface area contributed by atoms with E-state index in [-0.39, 0.29) is 6.17 Å². The highest BCUT2D eigenvalue weighted by Gasteiger charge is 2.18. The molecule has 3 N–H and O–H groups in total. The van der Waals surface area contributed by atoms with Gasteiger partial charge in [0, 0.05) is 17.4 Å². The molecule has 1 unspecified atom stereocenters. The number of nitrogens with one attached hydrogen (secondary N) is 3. The molecule has 0 fully saturated rings. The second-order valence-electron chi connectivity index (χ2n) is 3.96. The van der Waals surface area contributed by atoms with Crippen LogP contribution >= 0.6 is 0 Å². The lowest BCUT2D eigenvalue weighted by atomic mass is 10.1. The van der Waals surface area contributed by atoms with E-state index in [2.05, 4.69) is 33.1 Å². The first kappa shape index (κ1) is 10.1. The van der Waals surface area contributed by atoms with Crippen molar-refractivity contribution < 1.29 is 0 Å². The lowest BCUT2D eigenvalue weighted by Gasteiger charge is -2.29. The van der Waals surface area contributed by atoms with Gasteiger partial charge in [-0.3, -0.25) is 10.3 Å². The molecule has 0 saturated heterocycles. The van der Waals surface area contributed by atoms with Crippen LogP contribution in [0.25, 0.3) is 0 Å². The third-order valence-electron chi connectivity index (χ3n) is 2.84. The fourth-order valence-electron chi connectivity index (χ4n) is 1.99. The van der Waals surface area contributed by atoms with E-state index in [1.54, 1.807) is 0 Å². The highest BCUT2D eigenvalue weighted by molar-refractivity contribution is 5.55. The Kier molecular flexibility index (Phi) is 2.63. The second kappa shape index (κ2) is 4.43. The van der Waals surface area contributed by atoms with Gasteiger partial charge in [-0.25, -0.2) is 0 Å².